The minimum atomic E-state index is -2.77. The Balaban J connectivity index is 1.22. The monoisotopic (exact) mass is 393 g/mol. The number of hydrogen-bond donors (Lipinski definition) is 1. The van der Waals surface area contributed by atoms with Crippen LogP contribution in [-0.4, -0.2) is 65.5 Å². The summed E-state index contributed by atoms with van der Waals surface area (Å²) in [6, 6.07) is 1.43. The molecule has 5 heterocycles. The summed E-state index contributed by atoms with van der Waals surface area (Å²) in [6.07, 6.45) is 2.20. The molecule has 6 nitrogen and oxygen atoms in total. The largest absolute Gasteiger partial charge is 0.354 e. The number of aromatic nitrogens is 2. The SMILES string of the molecule is CCc1cc2c(N3CC4(CN(C(=O)[C@@H]5CC(F)(F)CN5)C4)C3)ncnc2s1. The molecule has 144 valence electrons. The molecule has 1 spiro atoms. The van der Waals surface area contributed by atoms with E-state index >= 15 is 0 Å². The molecule has 1 atom stereocenters. The number of nitrogens with zero attached hydrogens (tertiary/aromatic N) is 4. The zero-order valence-electron chi connectivity index (χ0n) is 15.0. The summed E-state index contributed by atoms with van der Waals surface area (Å²) in [6.45, 7) is 4.70. The number of carbonyl (C=O) groups excluding carboxylic acids is 1. The molecule has 9 heteroatoms. The Morgan fingerprint density at radius 1 is 1.33 bits per heavy atom. The summed E-state index contributed by atoms with van der Waals surface area (Å²) >= 11 is 1.70. The molecule has 0 aromatic carbocycles. The standard InChI is InChI=1S/C18H21F2N5OS/c1-2-11-3-12-14(22-10-23-15(12)27-11)24-6-17(7-24)8-25(9-17)16(26)13-4-18(19,20)5-21-13/h3,10,13,21H,2,4-9H2,1H3/t13-/m0/s1. The molecule has 1 amide bonds. The molecule has 0 aliphatic carbocycles. The Hall–Kier alpha value is -1.87. The highest BCUT2D eigenvalue weighted by atomic mass is 32.1. The van der Waals surface area contributed by atoms with Crippen LogP contribution in [0.25, 0.3) is 10.2 Å². The maximum atomic E-state index is 13.3. The van der Waals surface area contributed by atoms with E-state index < -0.39 is 24.9 Å². The average molecular weight is 393 g/mol. The lowest BCUT2D eigenvalue weighted by molar-refractivity contribution is -0.147. The van der Waals surface area contributed by atoms with Gasteiger partial charge in [-0.15, -0.1) is 11.3 Å². The Morgan fingerprint density at radius 3 is 2.78 bits per heavy atom. The maximum Gasteiger partial charge on any atom is 0.262 e. The third-order valence-electron chi connectivity index (χ3n) is 5.83. The van der Waals surface area contributed by atoms with E-state index in [4.69, 9.17) is 0 Å². The van der Waals surface area contributed by atoms with E-state index in [0.29, 0.717) is 13.1 Å². The summed E-state index contributed by atoms with van der Waals surface area (Å²) < 4.78 is 26.6. The molecule has 0 saturated carbocycles. The van der Waals surface area contributed by atoms with Crippen LogP contribution in [0.2, 0.25) is 0 Å². The molecular weight excluding hydrogens is 372 g/mol. The lowest BCUT2D eigenvalue weighted by Gasteiger charge is -2.60. The van der Waals surface area contributed by atoms with Crippen molar-refractivity contribution in [3.63, 3.8) is 0 Å². The van der Waals surface area contributed by atoms with E-state index in [1.54, 1.807) is 22.6 Å². The van der Waals surface area contributed by atoms with Gasteiger partial charge < -0.3 is 9.80 Å². The summed E-state index contributed by atoms with van der Waals surface area (Å²) in [5.41, 5.74) is 0.0810. The van der Waals surface area contributed by atoms with Crippen LogP contribution >= 0.6 is 11.3 Å². The van der Waals surface area contributed by atoms with Crippen molar-refractivity contribution >= 4 is 33.3 Å². The topological polar surface area (TPSA) is 61.4 Å². The van der Waals surface area contributed by atoms with Crippen LogP contribution in [0.5, 0.6) is 0 Å². The number of hydrogen-bond acceptors (Lipinski definition) is 6. The number of halogens is 2. The molecule has 0 unspecified atom stereocenters. The van der Waals surface area contributed by atoms with Crippen LogP contribution < -0.4 is 10.2 Å². The highest BCUT2D eigenvalue weighted by Crippen LogP contribution is 2.44. The predicted molar refractivity (Wildman–Crippen MR) is 99.4 cm³/mol. The van der Waals surface area contributed by atoms with Gasteiger partial charge in [-0.05, 0) is 12.5 Å². The zero-order valence-corrected chi connectivity index (χ0v) is 15.9. The summed E-state index contributed by atoms with van der Waals surface area (Å²) in [5, 5.41) is 3.75. The number of nitrogens with one attached hydrogen (secondary N) is 1. The number of aryl methyl sites for hydroxylation is 1. The number of anilines is 1. The second-order valence-electron chi connectivity index (χ2n) is 8.03. The van der Waals surface area contributed by atoms with Crippen molar-refractivity contribution in [3.8, 4) is 0 Å². The Bertz CT molecular complexity index is 902. The highest BCUT2D eigenvalue weighted by molar-refractivity contribution is 7.18. The van der Waals surface area contributed by atoms with Crippen molar-refractivity contribution in [2.24, 2.45) is 5.41 Å². The number of carbonyl (C=O) groups is 1. The van der Waals surface area contributed by atoms with Crippen LogP contribution in [0.3, 0.4) is 0 Å². The van der Waals surface area contributed by atoms with Gasteiger partial charge >= 0.3 is 0 Å². The average Bonchev–Trinajstić information content (AvgIpc) is 3.15. The molecule has 5 rings (SSSR count). The number of amides is 1. The summed E-state index contributed by atoms with van der Waals surface area (Å²) in [7, 11) is 0. The van der Waals surface area contributed by atoms with Gasteiger partial charge in [-0.25, -0.2) is 18.7 Å². The van der Waals surface area contributed by atoms with Crippen LogP contribution in [0.4, 0.5) is 14.6 Å². The second kappa shape index (κ2) is 5.81. The Labute approximate surface area is 159 Å². The fourth-order valence-corrected chi connectivity index (χ4v) is 5.39. The first kappa shape index (κ1) is 17.2. The molecule has 3 saturated heterocycles. The van der Waals surface area contributed by atoms with Gasteiger partial charge in [0.05, 0.1) is 18.0 Å². The van der Waals surface area contributed by atoms with Crippen LogP contribution in [0.15, 0.2) is 12.4 Å². The van der Waals surface area contributed by atoms with Gasteiger partial charge in [0.25, 0.3) is 5.92 Å². The van der Waals surface area contributed by atoms with Crippen LogP contribution in [0, 0.1) is 5.41 Å². The Morgan fingerprint density at radius 2 is 2.11 bits per heavy atom. The third-order valence-corrected chi connectivity index (χ3v) is 7.02. The van der Waals surface area contributed by atoms with Gasteiger partial charge in [0.1, 0.15) is 17.0 Å². The van der Waals surface area contributed by atoms with E-state index in [1.165, 1.54) is 4.88 Å². The van der Waals surface area contributed by atoms with E-state index in [1.807, 2.05) is 0 Å². The minimum absolute atomic E-state index is 0.0810. The summed E-state index contributed by atoms with van der Waals surface area (Å²) in [5.74, 6) is -2.00. The fraction of sp³-hybridized carbons (Fsp3) is 0.611. The molecule has 1 N–H and O–H groups in total. The van der Waals surface area contributed by atoms with Gasteiger partial charge in [0, 0.05) is 42.9 Å². The molecule has 0 bridgehead atoms. The van der Waals surface area contributed by atoms with Crippen LogP contribution in [0.1, 0.15) is 18.2 Å². The van der Waals surface area contributed by atoms with E-state index in [2.05, 4.69) is 33.2 Å². The van der Waals surface area contributed by atoms with Crippen molar-refractivity contribution in [3.05, 3.63) is 17.3 Å². The van der Waals surface area contributed by atoms with Crippen molar-refractivity contribution in [2.75, 3.05) is 37.6 Å². The first-order valence-corrected chi connectivity index (χ1v) is 10.1. The number of alkyl halides is 2. The first-order valence-electron chi connectivity index (χ1n) is 9.26. The zero-order chi connectivity index (χ0) is 18.8. The quantitative estimate of drug-likeness (QED) is 0.863. The number of likely N-dealkylation sites (tertiary alicyclic amines) is 1. The van der Waals surface area contributed by atoms with Gasteiger partial charge in [-0.3, -0.25) is 10.1 Å². The number of fused-ring (bicyclic) bond motifs is 1. The third kappa shape index (κ3) is 2.79. The van der Waals surface area contributed by atoms with Gasteiger partial charge in [0.15, 0.2) is 0 Å². The van der Waals surface area contributed by atoms with Crippen molar-refractivity contribution in [1.29, 1.82) is 0 Å². The van der Waals surface area contributed by atoms with Crippen molar-refractivity contribution in [2.45, 2.75) is 31.7 Å². The van der Waals surface area contributed by atoms with Crippen molar-refractivity contribution < 1.29 is 13.6 Å². The van der Waals surface area contributed by atoms with E-state index in [9.17, 15) is 13.6 Å². The Kier molecular flexibility index (Phi) is 3.71. The molecule has 3 fully saturated rings. The molecular formula is C18H21F2N5OS. The fourth-order valence-electron chi connectivity index (χ4n) is 4.46. The lowest BCUT2D eigenvalue weighted by Crippen LogP contribution is -2.74. The predicted octanol–water partition coefficient (Wildman–Crippen LogP) is 1.90. The summed E-state index contributed by atoms with van der Waals surface area (Å²) in [4.78, 5) is 27.5. The maximum absolute atomic E-state index is 13.3. The first-order chi connectivity index (χ1) is 12.9. The second-order valence-corrected chi connectivity index (χ2v) is 9.14. The highest BCUT2D eigenvalue weighted by Gasteiger charge is 2.55. The van der Waals surface area contributed by atoms with Gasteiger partial charge in [-0.2, -0.15) is 0 Å². The smallest absolute Gasteiger partial charge is 0.262 e. The normalized spacial score (nSPS) is 25.7. The molecule has 27 heavy (non-hydrogen) atoms. The van der Waals surface area contributed by atoms with E-state index in [0.717, 1.165) is 35.5 Å². The van der Waals surface area contributed by atoms with E-state index in [-0.39, 0.29) is 11.3 Å². The van der Waals surface area contributed by atoms with Gasteiger partial charge in [0.2, 0.25) is 5.91 Å². The van der Waals surface area contributed by atoms with Crippen LogP contribution in [-0.2, 0) is 11.2 Å². The molecule has 3 aliphatic rings. The lowest BCUT2D eigenvalue weighted by atomic mass is 9.72. The molecule has 0 radical (unpaired) electrons. The molecule has 3 aliphatic heterocycles. The minimum Gasteiger partial charge on any atom is -0.354 e. The number of thiophene rings is 1. The molecule has 2 aromatic rings. The van der Waals surface area contributed by atoms with Crippen molar-refractivity contribution in [1.82, 2.24) is 20.2 Å². The van der Waals surface area contributed by atoms with Gasteiger partial charge in [-0.1, -0.05) is 6.92 Å². The molecule has 2 aromatic heterocycles. The number of rotatable bonds is 3.